The van der Waals surface area contributed by atoms with Crippen molar-refractivity contribution in [3.05, 3.63) is 60.2 Å². The lowest BCUT2D eigenvalue weighted by Crippen LogP contribution is -2.10. The molecular weight excluding hydrogens is 226 g/mol. The Morgan fingerprint density at radius 3 is 2.06 bits per heavy atom. The molecule has 0 saturated carbocycles. The van der Waals surface area contributed by atoms with Gasteiger partial charge in [0.05, 0.1) is 0 Å². The van der Waals surface area contributed by atoms with Gasteiger partial charge in [0.1, 0.15) is 0 Å². The molecule has 1 unspecified atom stereocenters. The van der Waals surface area contributed by atoms with Crippen molar-refractivity contribution in [3.63, 3.8) is 0 Å². The van der Waals surface area contributed by atoms with Gasteiger partial charge in [-0.2, -0.15) is 12.6 Å². The summed E-state index contributed by atoms with van der Waals surface area (Å²) in [7, 11) is 0. The lowest BCUT2D eigenvalue weighted by molar-refractivity contribution is 0.706. The molecule has 0 aliphatic carbocycles. The molecule has 0 aliphatic rings. The van der Waals surface area contributed by atoms with Gasteiger partial charge in [0, 0.05) is 6.04 Å². The number of thiol groups is 1. The maximum atomic E-state index is 6.05. The van der Waals surface area contributed by atoms with Crippen LogP contribution in [0.1, 0.15) is 18.0 Å². The Labute approximate surface area is 108 Å². The largest absolute Gasteiger partial charge is 0.324 e. The molecule has 0 fully saturated rings. The molecule has 0 radical (unpaired) electrons. The molecule has 88 valence electrons. The van der Waals surface area contributed by atoms with E-state index < -0.39 is 0 Å². The van der Waals surface area contributed by atoms with Crippen LogP contribution in [0.4, 0.5) is 0 Å². The fourth-order valence-electron chi connectivity index (χ4n) is 1.86. The second-order valence-electron chi connectivity index (χ2n) is 4.11. The number of hydrogen-bond acceptors (Lipinski definition) is 2. The number of benzene rings is 2. The molecule has 0 amide bonds. The molecule has 0 spiro atoms. The standard InChI is InChI=1S/C15H17NS/c16-15(10-11-17)14-8-6-13(7-9-14)12-4-2-1-3-5-12/h1-9,15,17H,10-11,16H2. The van der Waals surface area contributed by atoms with Gasteiger partial charge < -0.3 is 5.73 Å². The van der Waals surface area contributed by atoms with Crippen molar-refractivity contribution in [2.75, 3.05) is 5.75 Å². The summed E-state index contributed by atoms with van der Waals surface area (Å²) >= 11 is 4.21. The predicted octanol–water partition coefficient (Wildman–Crippen LogP) is 3.67. The third-order valence-corrected chi connectivity index (χ3v) is 3.14. The van der Waals surface area contributed by atoms with E-state index in [0.717, 1.165) is 12.2 Å². The summed E-state index contributed by atoms with van der Waals surface area (Å²) in [4.78, 5) is 0. The summed E-state index contributed by atoms with van der Waals surface area (Å²) in [5, 5.41) is 0. The first kappa shape index (κ1) is 12.2. The van der Waals surface area contributed by atoms with Crippen LogP contribution in [0, 0.1) is 0 Å². The Morgan fingerprint density at radius 2 is 1.47 bits per heavy atom. The van der Waals surface area contributed by atoms with Crippen molar-refractivity contribution in [2.45, 2.75) is 12.5 Å². The van der Waals surface area contributed by atoms with Gasteiger partial charge in [-0.05, 0) is 28.9 Å². The average Bonchev–Trinajstić information content (AvgIpc) is 2.40. The number of nitrogens with two attached hydrogens (primary N) is 1. The van der Waals surface area contributed by atoms with Crippen molar-refractivity contribution in [3.8, 4) is 11.1 Å². The van der Waals surface area contributed by atoms with Crippen LogP contribution in [0.2, 0.25) is 0 Å². The zero-order chi connectivity index (χ0) is 12.1. The Kier molecular flexibility index (Phi) is 4.24. The maximum absolute atomic E-state index is 6.05. The third-order valence-electron chi connectivity index (χ3n) is 2.89. The van der Waals surface area contributed by atoms with Crippen LogP contribution >= 0.6 is 12.6 Å². The molecule has 2 N–H and O–H groups in total. The Balaban J connectivity index is 2.19. The van der Waals surface area contributed by atoms with E-state index in [4.69, 9.17) is 5.73 Å². The first-order valence-electron chi connectivity index (χ1n) is 5.83. The monoisotopic (exact) mass is 243 g/mol. The lowest BCUT2D eigenvalue weighted by atomic mass is 10.0. The normalized spacial score (nSPS) is 12.4. The van der Waals surface area contributed by atoms with E-state index >= 15 is 0 Å². The molecule has 0 bridgehead atoms. The van der Waals surface area contributed by atoms with Crippen LogP contribution in [-0.2, 0) is 0 Å². The molecule has 0 heterocycles. The average molecular weight is 243 g/mol. The van der Waals surface area contributed by atoms with Crippen molar-refractivity contribution < 1.29 is 0 Å². The van der Waals surface area contributed by atoms with Gasteiger partial charge in [0.2, 0.25) is 0 Å². The van der Waals surface area contributed by atoms with Crippen LogP contribution in [0.5, 0.6) is 0 Å². The smallest absolute Gasteiger partial charge is 0.0302 e. The first-order valence-corrected chi connectivity index (χ1v) is 6.46. The minimum atomic E-state index is 0.0947. The quantitative estimate of drug-likeness (QED) is 0.787. The molecule has 2 aromatic carbocycles. The zero-order valence-electron chi connectivity index (χ0n) is 9.71. The van der Waals surface area contributed by atoms with E-state index in [9.17, 15) is 0 Å². The number of hydrogen-bond donors (Lipinski definition) is 2. The van der Waals surface area contributed by atoms with E-state index in [1.54, 1.807) is 0 Å². The summed E-state index contributed by atoms with van der Waals surface area (Å²) in [6, 6.07) is 18.9. The fraction of sp³-hybridized carbons (Fsp3) is 0.200. The second kappa shape index (κ2) is 5.89. The highest BCUT2D eigenvalue weighted by Crippen LogP contribution is 2.22. The van der Waals surface area contributed by atoms with Gasteiger partial charge in [0.15, 0.2) is 0 Å². The second-order valence-corrected chi connectivity index (χ2v) is 4.55. The molecule has 0 aromatic heterocycles. The van der Waals surface area contributed by atoms with Crippen LogP contribution in [0.25, 0.3) is 11.1 Å². The van der Waals surface area contributed by atoms with E-state index in [1.165, 1.54) is 16.7 Å². The van der Waals surface area contributed by atoms with Crippen molar-refractivity contribution in [1.82, 2.24) is 0 Å². The van der Waals surface area contributed by atoms with Crippen LogP contribution < -0.4 is 5.73 Å². The molecule has 2 rings (SSSR count). The summed E-state index contributed by atoms with van der Waals surface area (Å²) in [6.45, 7) is 0. The van der Waals surface area contributed by atoms with Crippen molar-refractivity contribution in [2.24, 2.45) is 5.73 Å². The van der Waals surface area contributed by atoms with E-state index in [0.29, 0.717) is 0 Å². The molecule has 0 aliphatic heterocycles. The molecule has 0 saturated heterocycles. The van der Waals surface area contributed by atoms with Crippen molar-refractivity contribution >= 4 is 12.6 Å². The summed E-state index contributed by atoms with van der Waals surface area (Å²) in [5.41, 5.74) is 9.69. The molecular formula is C15H17NS. The van der Waals surface area contributed by atoms with E-state index in [-0.39, 0.29) is 6.04 Å². The lowest BCUT2D eigenvalue weighted by Gasteiger charge is -2.11. The molecule has 1 atom stereocenters. The Bertz CT molecular complexity index is 450. The van der Waals surface area contributed by atoms with E-state index in [2.05, 4.69) is 61.2 Å². The summed E-state index contributed by atoms with van der Waals surface area (Å²) < 4.78 is 0. The highest BCUT2D eigenvalue weighted by atomic mass is 32.1. The van der Waals surface area contributed by atoms with Gasteiger partial charge in [-0.3, -0.25) is 0 Å². The minimum absolute atomic E-state index is 0.0947. The predicted molar refractivity (Wildman–Crippen MR) is 77.3 cm³/mol. The zero-order valence-corrected chi connectivity index (χ0v) is 10.6. The first-order chi connectivity index (χ1) is 8.31. The number of rotatable bonds is 4. The Hall–Kier alpha value is -1.25. The van der Waals surface area contributed by atoms with Crippen LogP contribution in [0.3, 0.4) is 0 Å². The topological polar surface area (TPSA) is 26.0 Å². The summed E-state index contributed by atoms with van der Waals surface area (Å²) in [5.74, 6) is 0.821. The SMILES string of the molecule is NC(CCS)c1ccc(-c2ccccc2)cc1. The molecule has 17 heavy (non-hydrogen) atoms. The van der Waals surface area contributed by atoms with Gasteiger partial charge in [-0.25, -0.2) is 0 Å². The van der Waals surface area contributed by atoms with Gasteiger partial charge in [0.25, 0.3) is 0 Å². The van der Waals surface area contributed by atoms with E-state index in [1.807, 2.05) is 6.07 Å². The van der Waals surface area contributed by atoms with Crippen LogP contribution in [-0.4, -0.2) is 5.75 Å². The Morgan fingerprint density at radius 1 is 0.882 bits per heavy atom. The molecule has 2 heteroatoms. The fourth-order valence-corrected chi connectivity index (χ4v) is 2.14. The minimum Gasteiger partial charge on any atom is -0.324 e. The highest BCUT2D eigenvalue weighted by Gasteiger charge is 2.04. The maximum Gasteiger partial charge on any atom is 0.0302 e. The third kappa shape index (κ3) is 3.11. The summed E-state index contributed by atoms with van der Waals surface area (Å²) in [6.07, 6.45) is 0.911. The van der Waals surface area contributed by atoms with Gasteiger partial charge in [-0.1, -0.05) is 54.6 Å². The molecule has 1 nitrogen and oxygen atoms in total. The molecule has 2 aromatic rings. The van der Waals surface area contributed by atoms with Gasteiger partial charge in [-0.15, -0.1) is 0 Å². The van der Waals surface area contributed by atoms with Crippen molar-refractivity contribution in [1.29, 1.82) is 0 Å². The highest BCUT2D eigenvalue weighted by molar-refractivity contribution is 7.80. The van der Waals surface area contributed by atoms with Crippen LogP contribution in [0.15, 0.2) is 54.6 Å². The van der Waals surface area contributed by atoms with Gasteiger partial charge >= 0.3 is 0 Å².